The normalized spacial score (nSPS) is 26.8. The number of piperidine rings is 2. The molecule has 0 radical (unpaired) electrons. The van der Waals surface area contributed by atoms with Gasteiger partial charge in [0.25, 0.3) is 5.91 Å². The molecule has 3 aliphatic rings. The van der Waals surface area contributed by atoms with Crippen molar-refractivity contribution >= 4 is 5.91 Å². The Kier molecular flexibility index (Phi) is 4.11. The average Bonchev–Trinajstić information content (AvgIpc) is 2.68. The predicted molar refractivity (Wildman–Crippen MR) is 95.8 cm³/mol. The van der Waals surface area contributed by atoms with Crippen LogP contribution in [-0.4, -0.2) is 18.0 Å². The quantitative estimate of drug-likeness (QED) is 0.902. The van der Waals surface area contributed by atoms with Crippen LogP contribution in [0.4, 0.5) is 0 Å². The second kappa shape index (κ2) is 6.40. The van der Waals surface area contributed by atoms with Gasteiger partial charge in [0.15, 0.2) is 0 Å². The van der Waals surface area contributed by atoms with Gasteiger partial charge in [-0.25, -0.2) is 0 Å². The summed E-state index contributed by atoms with van der Waals surface area (Å²) in [7, 11) is 0. The smallest absolute Gasteiger partial charge is 0.251 e. The van der Waals surface area contributed by atoms with Gasteiger partial charge in [-0.1, -0.05) is 48.5 Å². The standard InChI is InChI=1S/C21H24N2O/c24-20(18-9-5-2-6-10-18)23-19(17-7-3-1-4-8-17)21-13-11-16(12-14-21)15-22-21/h1-10,16,19,22H,11-15H2,(H,23,24). The number of carbonyl (C=O) groups is 1. The summed E-state index contributed by atoms with van der Waals surface area (Å²) in [4.78, 5) is 12.8. The van der Waals surface area contributed by atoms with Crippen molar-refractivity contribution in [3.63, 3.8) is 0 Å². The Morgan fingerprint density at radius 2 is 1.62 bits per heavy atom. The number of carbonyl (C=O) groups excluding carboxylic acids is 1. The molecule has 1 aliphatic carbocycles. The summed E-state index contributed by atoms with van der Waals surface area (Å²) in [5, 5.41) is 7.11. The maximum atomic E-state index is 12.8. The van der Waals surface area contributed by atoms with Gasteiger partial charge in [-0.05, 0) is 55.8 Å². The maximum Gasteiger partial charge on any atom is 0.251 e. The summed E-state index contributed by atoms with van der Waals surface area (Å²) in [6.07, 6.45) is 4.79. The molecule has 2 aromatic rings. The molecule has 2 heterocycles. The van der Waals surface area contributed by atoms with Crippen LogP contribution in [0, 0.1) is 5.92 Å². The van der Waals surface area contributed by atoms with E-state index in [0.717, 1.165) is 30.9 Å². The third-order valence-electron chi connectivity index (χ3n) is 5.74. The first-order valence-corrected chi connectivity index (χ1v) is 8.93. The maximum absolute atomic E-state index is 12.8. The summed E-state index contributed by atoms with van der Waals surface area (Å²) < 4.78 is 0. The van der Waals surface area contributed by atoms with Gasteiger partial charge < -0.3 is 10.6 Å². The summed E-state index contributed by atoms with van der Waals surface area (Å²) in [5.41, 5.74) is 1.90. The average molecular weight is 320 g/mol. The highest BCUT2D eigenvalue weighted by Gasteiger charge is 2.46. The molecule has 0 aromatic heterocycles. The van der Waals surface area contributed by atoms with Gasteiger partial charge in [0.2, 0.25) is 0 Å². The van der Waals surface area contributed by atoms with E-state index in [1.807, 2.05) is 36.4 Å². The van der Waals surface area contributed by atoms with Crippen molar-refractivity contribution in [2.45, 2.75) is 37.3 Å². The molecule has 1 atom stereocenters. The number of hydrogen-bond donors (Lipinski definition) is 2. The second-order valence-corrected chi connectivity index (χ2v) is 7.16. The fraction of sp³-hybridized carbons (Fsp3) is 0.381. The Hall–Kier alpha value is -2.13. The largest absolute Gasteiger partial charge is 0.343 e. The lowest BCUT2D eigenvalue weighted by atomic mass is 9.67. The van der Waals surface area contributed by atoms with Crippen LogP contribution in [-0.2, 0) is 0 Å². The van der Waals surface area contributed by atoms with Crippen molar-refractivity contribution in [2.75, 3.05) is 6.54 Å². The monoisotopic (exact) mass is 320 g/mol. The fourth-order valence-electron chi connectivity index (χ4n) is 4.30. The highest BCUT2D eigenvalue weighted by molar-refractivity contribution is 5.94. The SMILES string of the molecule is O=C(NC(c1ccccc1)C12CCC(CC1)CN2)c1ccccc1. The van der Waals surface area contributed by atoms with E-state index < -0.39 is 0 Å². The zero-order valence-corrected chi connectivity index (χ0v) is 13.9. The summed E-state index contributed by atoms with van der Waals surface area (Å²) in [6.45, 7) is 1.07. The van der Waals surface area contributed by atoms with E-state index in [9.17, 15) is 4.79 Å². The third kappa shape index (κ3) is 2.84. The first-order valence-electron chi connectivity index (χ1n) is 8.93. The Morgan fingerprint density at radius 1 is 1.00 bits per heavy atom. The van der Waals surface area contributed by atoms with E-state index in [0.29, 0.717) is 0 Å². The molecule has 2 aliphatic heterocycles. The lowest BCUT2D eigenvalue weighted by molar-refractivity contribution is 0.0676. The van der Waals surface area contributed by atoms with Gasteiger partial charge in [-0.2, -0.15) is 0 Å². The molecular formula is C21H24N2O. The lowest BCUT2D eigenvalue weighted by Gasteiger charge is -2.52. The van der Waals surface area contributed by atoms with Crippen LogP contribution in [0.25, 0.3) is 0 Å². The van der Waals surface area contributed by atoms with Crippen molar-refractivity contribution in [1.82, 2.24) is 10.6 Å². The number of amides is 1. The Labute approximate surface area is 143 Å². The minimum Gasteiger partial charge on any atom is -0.343 e. The molecule has 124 valence electrons. The predicted octanol–water partition coefficient (Wildman–Crippen LogP) is 3.69. The number of nitrogens with one attached hydrogen (secondary N) is 2. The summed E-state index contributed by atoms with van der Waals surface area (Å²) in [6, 6.07) is 19.9. The van der Waals surface area contributed by atoms with E-state index in [4.69, 9.17) is 0 Å². The molecule has 5 rings (SSSR count). The molecule has 1 unspecified atom stereocenters. The fourth-order valence-corrected chi connectivity index (χ4v) is 4.30. The number of hydrogen-bond acceptors (Lipinski definition) is 2. The van der Waals surface area contributed by atoms with E-state index in [1.54, 1.807) is 0 Å². The first-order chi connectivity index (χ1) is 11.8. The van der Waals surface area contributed by atoms with Gasteiger partial charge in [0.05, 0.1) is 6.04 Å². The van der Waals surface area contributed by atoms with Crippen LogP contribution in [0.3, 0.4) is 0 Å². The van der Waals surface area contributed by atoms with Crippen molar-refractivity contribution < 1.29 is 4.79 Å². The molecular weight excluding hydrogens is 296 g/mol. The molecule has 3 fully saturated rings. The van der Waals surface area contributed by atoms with Crippen molar-refractivity contribution in [2.24, 2.45) is 5.92 Å². The Bertz CT molecular complexity index is 677. The highest BCUT2D eigenvalue weighted by Crippen LogP contribution is 2.44. The van der Waals surface area contributed by atoms with Crippen molar-refractivity contribution in [1.29, 1.82) is 0 Å². The topological polar surface area (TPSA) is 41.1 Å². The molecule has 0 spiro atoms. The summed E-state index contributed by atoms with van der Waals surface area (Å²) >= 11 is 0. The molecule has 2 bridgehead atoms. The van der Waals surface area contributed by atoms with Crippen LogP contribution in [0.2, 0.25) is 0 Å². The van der Waals surface area contributed by atoms with Crippen LogP contribution < -0.4 is 10.6 Å². The molecule has 2 N–H and O–H groups in total. The van der Waals surface area contributed by atoms with Crippen LogP contribution in [0.1, 0.15) is 47.6 Å². The van der Waals surface area contributed by atoms with Crippen molar-refractivity contribution in [3.05, 3.63) is 71.8 Å². The van der Waals surface area contributed by atoms with Crippen LogP contribution in [0.5, 0.6) is 0 Å². The van der Waals surface area contributed by atoms with Crippen LogP contribution >= 0.6 is 0 Å². The number of benzene rings is 2. The van der Waals surface area contributed by atoms with E-state index in [2.05, 4.69) is 34.9 Å². The second-order valence-electron chi connectivity index (χ2n) is 7.16. The highest BCUT2D eigenvalue weighted by atomic mass is 16.1. The van der Waals surface area contributed by atoms with Gasteiger partial charge in [0.1, 0.15) is 0 Å². The Balaban J connectivity index is 1.65. The number of rotatable bonds is 4. The third-order valence-corrected chi connectivity index (χ3v) is 5.74. The van der Waals surface area contributed by atoms with Crippen LogP contribution in [0.15, 0.2) is 60.7 Å². The Morgan fingerprint density at radius 3 is 2.21 bits per heavy atom. The minimum atomic E-state index is -0.0133. The zero-order chi connectivity index (χ0) is 16.4. The molecule has 3 heteroatoms. The summed E-state index contributed by atoms with van der Waals surface area (Å²) in [5.74, 6) is 0.821. The molecule has 2 aromatic carbocycles. The first kappa shape index (κ1) is 15.4. The lowest BCUT2D eigenvalue weighted by Crippen LogP contribution is -2.62. The van der Waals surface area contributed by atoms with Gasteiger partial charge in [0, 0.05) is 11.1 Å². The van der Waals surface area contributed by atoms with E-state index >= 15 is 0 Å². The van der Waals surface area contributed by atoms with Gasteiger partial charge in [-0.15, -0.1) is 0 Å². The van der Waals surface area contributed by atoms with E-state index in [-0.39, 0.29) is 17.5 Å². The molecule has 24 heavy (non-hydrogen) atoms. The van der Waals surface area contributed by atoms with Crippen molar-refractivity contribution in [3.8, 4) is 0 Å². The van der Waals surface area contributed by atoms with Gasteiger partial charge in [-0.3, -0.25) is 4.79 Å². The minimum absolute atomic E-state index is 0.00709. The molecule has 2 saturated heterocycles. The zero-order valence-electron chi connectivity index (χ0n) is 13.9. The molecule has 1 saturated carbocycles. The molecule has 3 nitrogen and oxygen atoms in total. The van der Waals surface area contributed by atoms with Gasteiger partial charge >= 0.3 is 0 Å². The molecule has 1 amide bonds. The number of fused-ring (bicyclic) bond motifs is 3. The van der Waals surface area contributed by atoms with E-state index in [1.165, 1.54) is 18.4 Å².